The zero-order valence-corrected chi connectivity index (χ0v) is 28.9. The van der Waals surface area contributed by atoms with Gasteiger partial charge >= 0.3 is 281 Å². The first-order valence-electron chi connectivity index (χ1n) is 15.7. The first-order chi connectivity index (χ1) is 22.1. The predicted molar refractivity (Wildman–Crippen MR) is 190 cm³/mol. The van der Waals surface area contributed by atoms with Crippen LogP contribution in [0.3, 0.4) is 0 Å². The molecular formula is C42H33NO2Te. The molecule has 0 atom stereocenters. The van der Waals surface area contributed by atoms with Gasteiger partial charge in [0.05, 0.1) is 0 Å². The van der Waals surface area contributed by atoms with Gasteiger partial charge in [0.2, 0.25) is 0 Å². The van der Waals surface area contributed by atoms with E-state index in [4.69, 9.17) is 0 Å². The number of hydrogen-bond donors (Lipinski definition) is 0. The molecule has 1 aliphatic carbocycles. The van der Waals surface area contributed by atoms with E-state index in [1.807, 2.05) is 18.2 Å². The van der Waals surface area contributed by atoms with Gasteiger partial charge in [-0.1, -0.05) is 0 Å². The van der Waals surface area contributed by atoms with E-state index < -0.39 is 20.4 Å². The van der Waals surface area contributed by atoms with Crippen LogP contribution in [0.1, 0.15) is 66.0 Å². The summed E-state index contributed by atoms with van der Waals surface area (Å²) in [7, 11) is 0. The summed E-state index contributed by atoms with van der Waals surface area (Å²) in [6.45, 7) is 11.2. The van der Waals surface area contributed by atoms with Gasteiger partial charge in [-0.15, -0.1) is 0 Å². The van der Waals surface area contributed by atoms with Crippen LogP contribution >= 0.6 is 0 Å². The number of carbonyl (C=O) groups is 2. The molecule has 0 unspecified atom stereocenters. The molecule has 2 heterocycles. The molecule has 1 aliphatic heterocycles. The fraction of sp³-hybridized carbons (Fsp3) is 0.143. The fourth-order valence-electron chi connectivity index (χ4n) is 7.55. The normalized spacial score (nSPS) is 14.8. The van der Waals surface area contributed by atoms with E-state index in [0.717, 1.165) is 9.27 Å². The average molecular weight is 711 g/mol. The minimum absolute atomic E-state index is 0.166. The molecular weight excluding hydrogens is 678 g/mol. The Labute approximate surface area is 279 Å². The number of hydrogen-bond acceptors (Lipinski definition) is 3. The van der Waals surface area contributed by atoms with Crippen molar-refractivity contribution in [1.82, 2.24) is 0 Å². The third kappa shape index (κ3) is 4.32. The Kier molecular flexibility index (Phi) is 6.62. The van der Waals surface area contributed by atoms with E-state index >= 15 is 0 Å². The van der Waals surface area contributed by atoms with Crippen LogP contribution in [0.25, 0.3) is 28.0 Å². The molecule has 5 aromatic carbocycles. The van der Waals surface area contributed by atoms with Crippen LogP contribution in [-0.4, -0.2) is 32.0 Å². The Morgan fingerprint density at radius 1 is 0.674 bits per heavy atom. The van der Waals surface area contributed by atoms with Crippen molar-refractivity contribution in [3.8, 4) is 11.1 Å². The number of carbonyl (C=O) groups excluding carboxylic acids is 2. The van der Waals surface area contributed by atoms with E-state index in [0.29, 0.717) is 11.1 Å². The average Bonchev–Trinajstić information content (AvgIpc) is 3.57. The van der Waals surface area contributed by atoms with Crippen molar-refractivity contribution in [2.24, 2.45) is 0 Å². The first-order valence-corrected chi connectivity index (χ1v) is 18.0. The SMILES string of the molecule is Cc1cc(C)c(-c2ccc3c(c2)C(C)(C)c2cc(C=C4C(=O)c5ccccc5C4=O)[te]c2N3c2cccc3ccccc23)c(C)c1. The quantitative estimate of drug-likeness (QED) is 0.104. The molecule has 0 amide bonds. The molecule has 6 aromatic rings. The second kappa shape index (κ2) is 10.5. The maximum absolute atomic E-state index is 13.4. The van der Waals surface area contributed by atoms with E-state index in [1.54, 1.807) is 12.1 Å². The number of allylic oxidation sites excluding steroid dienone is 1. The summed E-state index contributed by atoms with van der Waals surface area (Å²) in [5, 5.41) is 2.40. The molecule has 2 aliphatic rings. The molecule has 224 valence electrons. The number of ketones is 2. The van der Waals surface area contributed by atoms with Crippen LogP contribution in [-0.2, 0) is 5.41 Å². The van der Waals surface area contributed by atoms with E-state index in [2.05, 4.69) is 118 Å². The summed E-state index contributed by atoms with van der Waals surface area (Å²) in [4.78, 5) is 29.2. The molecule has 1 aromatic heterocycles. The van der Waals surface area contributed by atoms with E-state index in [9.17, 15) is 9.59 Å². The summed E-state index contributed by atoms with van der Waals surface area (Å²) in [6, 6.07) is 36.1. The molecule has 0 N–H and O–H groups in total. The Bertz CT molecular complexity index is 2250. The molecule has 46 heavy (non-hydrogen) atoms. The van der Waals surface area contributed by atoms with Crippen molar-refractivity contribution < 1.29 is 9.59 Å². The second-order valence-electron chi connectivity index (χ2n) is 13.1. The van der Waals surface area contributed by atoms with Gasteiger partial charge in [0.15, 0.2) is 0 Å². The molecule has 4 heteroatoms. The van der Waals surface area contributed by atoms with Gasteiger partial charge in [-0.3, -0.25) is 0 Å². The maximum atomic E-state index is 13.4. The van der Waals surface area contributed by atoms with Gasteiger partial charge in [-0.25, -0.2) is 0 Å². The number of fused-ring (bicyclic) bond motifs is 4. The van der Waals surface area contributed by atoms with Gasteiger partial charge in [0.1, 0.15) is 0 Å². The van der Waals surface area contributed by atoms with Crippen molar-refractivity contribution in [2.75, 3.05) is 4.90 Å². The number of aryl methyl sites for hydroxylation is 3. The Hall–Kier alpha value is -4.49. The van der Waals surface area contributed by atoms with Crippen LogP contribution in [0, 0.1) is 20.8 Å². The number of benzene rings is 5. The third-order valence-corrected chi connectivity index (χ3v) is 12.7. The molecule has 0 spiro atoms. The Morgan fingerprint density at radius 3 is 2.04 bits per heavy atom. The summed E-state index contributed by atoms with van der Waals surface area (Å²) in [5.74, 6) is -0.332. The Morgan fingerprint density at radius 2 is 1.33 bits per heavy atom. The number of anilines is 3. The van der Waals surface area contributed by atoms with Crippen molar-refractivity contribution >= 4 is 63.9 Å². The fourth-order valence-corrected chi connectivity index (χ4v) is 11.2. The molecule has 0 bridgehead atoms. The molecule has 3 nitrogen and oxygen atoms in total. The zero-order valence-electron chi connectivity index (χ0n) is 26.6. The topological polar surface area (TPSA) is 37.4 Å². The van der Waals surface area contributed by atoms with Crippen LogP contribution in [0.4, 0.5) is 15.1 Å². The monoisotopic (exact) mass is 713 g/mol. The van der Waals surface area contributed by atoms with Crippen LogP contribution in [0.15, 0.2) is 109 Å². The number of rotatable bonds is 3. The molecule has 0 saturated heterocycles. The van der Waals surface area contributed by atoms with Crippen LogP contribution < -0.4 is 4.90 Å². The summed E-state index contributed by atoms with van der Waals surface area (Å²) in [6.07, 6.45) is 1.90. The summed E-state index contributed by atoms with van der Waals surface area (Å²) in [5.41, 5.74) is 12.3. The number of nitrogens with zero attached hydrogens (tertiary/aromatic N) is 1. The standard InChI is InChI=1S/C42H33NO2Te/c1-24-19-25(2)38(26(3)20-24)28-17-18-37-34(21-28)42(4,5)35-23-29(22-33-39(44)31-14-8-9-15-32(31)40(33)45)46-41(35)43(37)36-16-10-12-27-11-6-7-13-30(27)36/h6-23H,1-5H3. The molecule has 0 radical (unpaired) electrons. The van der Waals surface area contributed by atoms with Gasteiger partial charge in [-0.2, -0.15) is 0 Å². The molecule has 8 rings (SSSR count). The molecule has 0 fully saturated rings. The van der Waals surface area contributed by atoms with Crippen LogP contribution in [0.2, 0.25) is 0 Å². The minimum atomic E-state index is -0.950. The van der Waals surface area contributed by atoms with Gasteiger partial charge in [0, 0.05) is 0 Å². The molecule has 0 saturated carbocycles. The number of Topliss-reactive ketones (excluding diaryl/α,β-unsaturated/α-hetero) is 2. The predicted octanol–water partition coefficient (Wildman–Crippen LogP) is 10.1. The van der Waals surface area contributed by atoms with Crippen molar-refractivity contribution in [3.63, 3.8) is 0 Å². The van der Waals surface area contributed by atoms with Crippen molar-refractivity contribution in [1.29, 1.82) is 0 Å². The Balaban J connectivity index is 1.36. The van der Waals surface area contributed by atoms with E-state index in [1.165, 1.54) is 59.1 Å². The van der Waals surface area contributed by atoms with Gasteiger partial charge in [-0.05, 0) is 0 Å². The van der Waals surface area contributed by atoms with Crippen LogP contribution in [0.5, 0.6) is 0 Å². The zero-order chi connectivity index (χ0) is 31.9. The van der Waals surface area contributed by atoms with Gasteiger partial charge < -0.3 is 0 Å². The third-order valence-electron chi connectivity index (χ3n) is 9.68. The van der Waals surface area contributed by atoms with Gasteiger partial charge in [0.25, 0.3) is 0 Å². The summed E-state index contributed by atoms with van der Waals surface area (Å²) < 4.78 is 2.42. The van der Waals surface area contributed by atoms with Crippen molar-refractivity contribution in [3.05, 3.63) is 151 Å². The second-order valence-corrected chi connectivity index (χ2v) is 16.1. The van der Waals surface area contributed by atoms with E-state index in [-0.39, 0.29) is 22.6 Å². The summed E-state index contributed by atoms with van der Waals surface area (Å²) >= 11 is -0.950. The first kappa shape index (κ1) is 28.9. The van der Waals surface area contributed by atoms with Crippen molar-refractivity contribution in [2.45, 2.75) is 40.0 Å².